The Morgan fingerprint density at radius 2 is 0.420 bits per heavy atom. The van der Waals surface area contributed by atoms with E-state index in [0.717, 1.165) is 0 Å². The molecular weight excluding hydrogens is 826 g/mol. The molecule has 4 aromatic rings. The molecule has 2 fully saturated rings. The first-order valence-electron chi connectivity index (χ1n) is 14.0. The van der Waals surface area contributed by atoms with Gasteiger partial charge in [0.05, 0.1) is 0 Å². The second-order valence-electron chi connectivity index (χ2n) is 8.57. The van der Waals surface area contributed by atoms with Gasteiger partial charge in [-0.25, -0.2) is 0 Å². The van der Waals surface area contributed by atoms with Crippen molar-refractivity contribution in [2.75, 3.05) is 12.3 Å². The van der Waals surface area contributed by atoms with Crippen molar-refractivity contribution in [2.45, 2.75) is 0 Å². The summed E-state index contributed by atoms with van der Waals surface area (Å²) in [6.45, 7) is 22.5. The topological polar surface area (TPSA) is 99.5 Å². The van der Waals surface area contributed by atoms with Crippen LogP contribution >= 0.6 is 15.8 Å². The summed E-state index contributed by atoms with van der Waals surface area (Å²) in [5.74, 6) is 0. The third-order valence-electron chi connectivity index (χ3n) is 5.93. The van der Waals surface area contributed by atoms with Gasteiger partial charge in [0.25, 0.3) is 0 Å². The van der Waals surface area contributed by atoms with Gasteiger partial charge in [0.15, 0.2) is 0 Å². The fourth-order valence-corrected chi connectivity index (χ4v) is 9.44. The summed E-state index contributed by atoms with van der Waals surface area (Å²) in [4.78, 5) is 0. The Labute approximate surface area is 331 Å². The van der Waals surface area contributed by atoms with Crippen LogP contribution in [0.25, 0.3) is 0 Å². The number of hydrogen-bond acceptors (Lipinski definition) is 0. The van der Waals surface area contributed by atoms with E-state index in [1.807, 2.05) is 64.2 Å². The van der Waals surface area contributed by atoms with Crippen molar-refractivity contribution in [2.24, 2.45) is 0 Å². The van der Waals surface area contributed by atoms with Crippen molar-refractivity contribution in [1.82, 2.24) is 0 Å². The van der Waals surface area contributed by atoms with Gasteiger partial charge < -0.3 is 0 Å². The third-order valence-corrected chi connectivity index (χ3v) is 11.3. The molecule has 10 radical (unpaired) electrons. The largest absolute Gasteiger partial charge is 0.0622 e. The molecule has 0 N–H and O–H groups in total. The van der Waals surface area contributed by atoms with E-state index in [-0.39, 0.29) is 58.0 Å². The Morgan fingerprint density at radius 3 is 0.560 bits per heavy atom. The predicted molar refractivity (Wildman–Crippen MR) is 191 cm³/mol. The molecule has 9 heteroatoms. The second-order valence-corrected chi connectivity index (χ2v) is 13.2. The molecule has 50 heavy (non-hydrogen) atoms. The van der Waals surface area contributed by atoms with E-state index in [0.29, 0.717) is 0 Å². The van der Waals surface area contributed by atoms with E-state index in [1.54, 1.807) is 0 Å². The molecule has 0 aromatic heterocycles. The molecule has 2 saturated carbocycles. The van der Waals surface area contributed by atoms with Gasteiger partial charge >= 0.3 is 56.5 Å². The molecule has 0 aliphatic heterocycles. The smallest absolute Gasteiger partial charge is 0 e. The van der Waals surface area contributed by atoms with Gasteiger partial charge in [-0.2, -0.15) is 0 Å². The second kappa shape index (κ2) is 43.0. The molecule has 0 amide bonds. The number of benzene rings is 4. The monoisotopic (exact) mass is 864 g/mol. The summed E-state index contributed by atoms with van der Waals surface area (Å²) in [5.41, 5.74) is 0. The van der Waals surface area contributed by atoms with Crippen LogP contribution in [-0.4, -0.2) is 12.3 Å². The standard InChI is InChI=1S/C26H24P2.2C5H5.5CO.2Mo/c1-5-13-23(14-6-1)27(24-15-7-2-8-16-24)21-22-28(25-17-9-3-10-18-25)26-19-11-4-12-20-26;2*1-2-4-5-3-1;5*1-2;;/h1-20H,21-22H2;2*1-5H;;;;;;;. The van der Waals surface area contributed by atoms with Crippen molar-refractivity contribution < 1.29 is 65.4 Å². The molecular formula is C41H34Mo2O5P2. The molecule has 0 atom stereocenters. The minimum atomic E-state index is -0.348. The number of hydrogen-bond donors (Lipinski definition) is 0. The SMILES string of the molecule is [C-]#[O+].[C-]#[O+].[C-]#[O+].[C-]#[O+].[C-]#[O+].[CH]1[CH][CH][CH][CH]1.[CH]1[CH][CH][CH][CH]1.[Mo].[Mo].c1ccc(P(CCP(c2ccccc2)c2ccccc2)c2ccccc2)cc1. The molecule has 5 nitrogen and oxygen atoms in total. The molecule has 0 saturated heterocycles. The van der Waals surface area contributed by atoms with E-state index in [4.69, 9.17) is 23.3 Å². The van der Waals surface area contributed by atoms with Crippen LogP contribution in [0.1, 0.15) is 0 Å². The summed E-state index contributed by atoms with van der Waals surface area (Å²) in [6, 6.07) is 44.2. The minimum absolute atomic E-state index is 0. The molecule has 6 rings (SSSR count). The van der Waals surface area contributed by atoms with E-state index >= 15 is 0 Å². The molecule has 4 aromatic carbocycles. The predicted octanol–water partition coefficient (Wildman–Crippen LogP) is 7.10. The van der Waals surface area contributed by atoms with Crippen LogP contribution in [0.3, 0.4) is 0 Å². The molecule has 0 bridgehead atoms. The number of rotatable bonds is 7. The Morgan fingerprint density at radius 1 is 0.280 bits per heavy atom. The van der Waals surface area contributed by atoms with Crippen molar-refractivity contribution in [3.05, 3.63) is 219 Å². The van der Waals surface area contributed by atoms with Crippen LogP contribution < -0.4 is 21.2 Å². The fourth-order valence-electron chi connectivity index (χ4n) is 4.09. The van der Waals surface area contributed by atoms with Crippen LogP contribution in [0.15, 0.2) is 121 Å². The van der Waals surface area contributed by atoms with Crippen molar-refractivity contribution >= 4 is 37.1 Å². The van der Waals surface area contributed by atoms with Gasteiger partial charge in [-0.05, 0) is 114 Å². The first-order chi connectivity index (χ1) is 23.9. The Bertz CT molecular complexity index is 1140. The molecule has 0 heterocycles. The van der Waals surface area contributed by atoms with Crippen LogP contribution in [-0.2, 0) is 65.4 Å². The first-order valence-corrected chi connectivity index (χ1v) is 17.1. The van der Waals surface area contributed by atoms with Crippen molar-refractivity contribution in [3.8, 4) is 0 Å². The summed E-state index contributed by atoms with van der Waals surface area (Å²) < 4.78 is 37.5. The summed E-state index contributed by atoms with van der Waals surface area (Å²) in [6.07, 6.45) is 22.4. The van der Waals surface area contributed by atoms with Crippen LogP contribution in [0.4, 0.5) is 0 Å². The zero-order valence-electron chi connectivity index (χ0n) is 27.0. The summed E-state index contributed by atoms with van der Waals surface area (Å²) in [5, 5.41) is 5.89. The van der Waals surface area contributed by atoms with E-state index in [2.05, 4.69) is 155 Å². The maximum absolute atomic E-state index is 7.50. The Hall–Kier alpha value is -2.18. The normalized spacial score (nSPS) is 11.2. The van der Waals surface area contributed by atoms with E-state index < -0.39 is 0 Å². The van der Waals surface area contributed by atoms with Crippen LogP contribution in [0.5, 0.6) is 0 Å². The molecule has 0 spiro atoms. The van der Waals surface area contributed by atoms with Crippen LogP contribution in [0.2, 0.25) is 0 Å². The average molecular weight is 861 g/mol. The average Bonchev–Trinajstić information content (AvgIpc) is 4.00. The molecule has 2 aliphatic rings. The quantitative estimate of drug-likeness (QED) is 0.0821. The van der Waals surface area contributed by atoms with Gasteiger partial charge in [-0.15, -0.1) is 0 Å². The minimum Gasteiger partial charge on any atom is -0.0622 e. The zero-order valence-corrected chi connectivity index (χ0v) is 32.8. The van der Waals surface area contributed by atoms with Crippen LogP contribution in [0, 0.1) is 97.5 Å². The first kappa shape index (κ1) is 54.6. The zero-order chi connectivity index (χ0) is 36.1. The molecule has 2 aliphatic carbocycles. The third kappa shape index (κ3) is 24.9. The fraction of sp³-hybridized carbons (Fsp3) is 0.0488. The maximum Gasteiger partial charge on any atom is 0 e. The van der Waals surface area contributed by atoms with Gasteiger partial charge in [0, 0.05) is 42.1 Å². The van der Waals surface area contributed by atoms with Crippen molar-refractivity contribution in [1.29, 1.82) is 0 Å². The summed E-state index contributed by atoms with van der Waals surface area (Å²) in [7, 11) is -0.696. The van der Waals surface area contributed by atoms with E-state index in [1.165, 1.54) is 33.5 Å². The van der Waals surface area contributed by atoms with Crippen molar-refractivity contribution in [3.63, 3.8) is 0 Å². The Balaban J connectivity index is -0.000000399. The maximum atomic E-state index is 7.50. The van der Waals surface area contributed by atoms with E-state index in [9.17, 15) is 0 Å². The molecule has 0 unspecified atom stereocenters. The molecule has 250 valence electrons. The summed E-state index contributed by atoms with van der Waals surface area (Å²) >= 11 is 0. The van der Waals surface area contributed by atoms with Gasteiger partial charge in [-0.3, -0.25) is 0 Å². The van der Waals surface area contributed by atoms with Gasteiger partial charge in [0.1, 0.15) is 0 Å². The van der Waals surface area contributed by atoms with Gasteiger partial charge in [0.2, 0.25) is 0 Å². The Kier molecular flexibility index (Phi) is 46.9. The van der Waals surface area contributed by atoms with Gasteiger partial charge in [-0.1, -0.05) is 121 Å².